The molecule has 0 aliphatic heterocycles. The first-order valence-corrected chi connectivity index (χ1v) is 8.59. The van der Waals surface area contributed by atoms with Crippen LogP contribution in [0.3, 0.4) is 0 Å². The van der Waals surface area contributed by atoms with E-state index in [1.54, 1.807) is 7.05 Å². The zero-order valence-corrected chi connectivity index (χ0v) is 11.4. The predicted octanol–water partition coefficient (Wildman–Crippen LogP) is 4.60. The van der Waals surface area contributed by atoms with Crippen molar-refractivity contribution >= 4 is 85.9 Å². The summed E-state index contributed by atoms with van der Waals surface area (Å²) in [5, 5.41) is 0. The van der Waals surface area contributed by atoms with Crippen molar-refractivity contribution in [1.29, 1.82) is 0 Å². The van der Waals surface area contributed by atoms with E-state index in [1.165, 1.54) is 4.08 Å². The molecule has 9 heteroatoms. The highest BCUT2D eigenvalue weighted by Gasteiger charge is 2.28. The van der Waals surface area contributed by atoms with Crippen molar-refractivity contribution in [1.82, 2.24) is 4.08 Å². The normalized spacial score (nSPS) is 14.1. The average molecular weight is 313 g/mol. The van der Waals surface area contributed by atoms with E-state index < -0.39 is 8.02 Å². The monoisotopic (exact) mass is 311 g/mol. The van der Waals surface area contributed by atoms with Gasteiger partial charge in [0.05, 0.1) is 0 Å². The molecule has 0 aromatic carbocycles. The number of rotatable bonds is 2. The first kappa shape index (κ1) is 13.4. The van der Waals surface area contributed by atoms with Crippen LogP contribution in [0.1, 0.15) is 0 Å². The molecule has 68 valence electrons. The van der Waals surface area contributed by atoms with E-state index in [-0.39, 0.29) is 0 Å². The summed E-state index contributed by atoms with van der Waals surface area (Å²) in [5.74, 6) is 0. The molecule has 0 fully saturated rings. The molecule has 0 aromatic rings. The summed E-state index contributed by atoms with van der Waals surface area (Å²) >= 11 is 33.2. The number of alkyl halides is 3. The second-order valence-corrected chi connectivity index (χ2v) is 13.7. The number of hydrogen-bond acceptors (Lipinski definition) is 2. The van der Waals surface area contributed by atoms with Gasteiger partial charge in [-0.25, -0.2) is 0 Å². The van der Waals surface area contributed by atoms with Gasteiger partial charge in [0.25, 0.3) is 3.12 Å². The summed E-state index contributed by atoms with van der Waals surface area (Å²) < 4.78 is -0.0962. The maximum absolute atomic E-state index is 5.61. The molecule has 0 aromatic heterocycles. The Morgan fingerprint density at radius 3 is 1.82 bits per heavy atom. The lowest BCUT2D eigenvalue weighted by Crippen LogP contribution is -2.07. The van der Waals surface area contributed by atoms with Crippen LogP contribution in [-0.4, -0.2) is 14.2 Å². The van der Waals surface area contributed by atoms with Gasteiger partial charge in [0.2, 0.25) is 0 Å². The molecule has 0 rings (SSSR count). The van der Waals surface area contributed by atoms with Gasteiger partial charge in [-0.05, 0) is 23.8 Å². The van der Waals surface area contributed by atoms with Crippen LogP contribution in [0.15, 0.2) is 0 Å². The molecule has 0 spiro atoms. The van der Waals surface area contributed by atoms with Crippen LogP contribution in [-0.2, 0) is 11.8 Å². The van der Waals surface area contributed by atoms with Crippen molar-refractivity contribution in [3.05, 3.63) is 0 Å². The van der Waals surface area contributed by atoms with Crippen LogP contribution in [0.5, 0.6) is 0 Å². The Labute approximate surface area is 99.4 Å². The summed E-state index contributed by atoms with van der Waals surface area (Å²) in [6, 6.07) is 0. The second-order valence-electron chi connectivity index (χ2n) is 1.44. The summed E-state index contributed by atoms with van der Waals surface area (Å²) in [5.41, 5.74) is 0. The fourth-order valence-electron chi connectivity index (χ4n) is 0.197. The van der Waals surface area contributed by atoms with Crippen molar-refractivity contribution in [2.45, 2.75) is 3.12 Å². The third kappa shape index (κ3) is 7.48. The maximum atomic E-state index is 5.61. The minimum atomic E-state index is -2.53. The third-order valence-electron chi connectivity index (χ3n) is 0.564. The van der Waals surface area contributed by atoms with E-state index in [9.17, 15) is 0 Å². The lowest BCUT2D eigenvalue weighted by molar-refractivity contribution is 0.936. The third-order valence-corrected chi connectivity index (χ3v) is 6.23. The van der Waals surface area contributed by atoms with E-state index in [4.69, 9.17) is 69.1 Å². The van der Waals surface area contributed by atoms with Crippen molar-refractivity contribution in [3.63, 3.8) is 0 Å². The Morgan fingerprint density at radius 2 is 1.73 bits per heavy atom. The largest absolute Gasteiger partial charge is 0.251 e. The molecule has 0 aliphatic rings. The van der Waals surface area contributed by atoms with Gasteiger partial charge in [-0.2, -0.15) is 4.08 Å². The summed E-state index contributed by atoms with van der Waals surface area (Å²) in [7, 11) is 1.58. The molecule has 0 saturated heterocycles. The SMILES string of the molecule is CN(SC(Cl)(Cl)Cl)P(=S)(Cl)Cl. The summed E-state index contributed by atoms with van der Waals surface area (Å²) in [6.45, 7) is 0. The molecule has 0 bridgehead atoms. The fourth-order valence-corrected chi connectivity index (χ4v) is 3.46. The molecule has 1 nitrogen and oxygen atoms in total. The molecule has 0 radical (unpaired) electrons. The zero-order valence-electron chi connectivity index (χ0n) is 5.10. The summed E-state index contributed by atoms with van der Waals surface area (Å²) in [4.78, 5) is -2.53. The van der Waals surface area contributed by atoms with Gasteiger partial charge in [0, 0.05) is 7.05 Å². The predicted molar refractivity (Wildman–Crippen MR) is 61.6 cm³/mol. The molecule has 0 amide bonds. The molecular weight excluding hydrogens is 310 g/mol. The van der Waals surface area contributed by atoms with Crippen molar-refractivity contribution < 1.29 is 0 Å². The van der Waals surface area contributed by atoms with Gasteiger partial charge >= 0.3 is 0 Å². The standard InChI is InChI=1S/C2H3Cl5NPS2/c1-8(9(6,7)10)11-2(3,4)5/h1H3. The van der Waals surface area contributed by atoms with E-state index in [2.05, 4.69) is 0 Å². The smallest absolute Gasteiger partial charge is 0.196 e. The van der Waals surface area contributed by atoms with Gasteiger partial charge in [-0.3, -0.25) is 0 Å². The van der Waals surface area contributed by atoms with Gasteiger partial charge < -0.3 is 0 Å². The fraction of sp³-hybridized carbons (Fsp3) is 1.00. The van der Waals surface area contributed by atoms with Gasteiger partial charge in [-0.1, -0.05) is 57.3 Å². The molecular formula is C2H3Cl5NPS2. The highest BCUT2D eigenvalue weighted by Crippen LogP contribution is 2.64. The average Bonchev–Trinajstić information content (AvgIpc) is 1.56. The minimum Gasteiger partial charge on any atom is -0.196 e. The molecule has 0 aliphatic carbocycles. The maximum Gasteiger partial charge on any atom is 0.251 e. The van der Waals surface area contributed by atoms with E-state index in [1.807, 2.05) is 0 Å². The lowest BCUT2D eigenvalue weighted by atomic mass is 11.6. The number of hydrogen-bond donors (Lipinski definition) is 0. The Morgan fingerprint density at radius 1 is 1.36 bits per heavy atom. The molecule has 11 heavy (non-hydrogen) atoms. The van der Waals surface area contributed by atoms with E-state index in [0.717, 1.165) is 11.9 Å². The Kier molecular flexibility index (Phi) is 5.81. The molecule has 0 saturated carbocycles. The Bertz CT molecular complexity index is 174. The molecule has 0 heterocycles. The second kappa shape index (κ2) is 4.77. The van der Waals surface area contributed by atoms with Crippen LogP contribution in [0.4, 0.5) is 0 Å². The van der Waals surface area contributed by atoms with Crippen molar-refractivity contribution in [2.75, 3.05) is 7.05 Å². The Hall–Kier alpha value is 2.41. The molecule has 0 N–H and O–H groups in total. The highest BCUT2D eigenvalue weighted by molar-refractivity contribution is 8.40. The summed E-state index contributed by atoms with van der Waals surface area (Å²) in [6.07, 6.45) is 0. The lowest BCUT2D eigenvalue weighted by Gasteiger charge is -2.22. The van der Waals surface area contributed by atoms with Gasteiger partial charge in [0.1, 0.15) is 0 Å². The van der Waals surface area contributed by atoms with Crippen molar-refractivity contribution in [3.8, 4) is 0 Å². The van der Waals surface area contributed by atoms with E-state index >= 15 is 0 Å². The van der Waals surface area contributed by atoms with Crippen LogP contribution in [0.25, 0.3) is 0 Å². The first-order valence-electron chi connectivity index (χ1n) is 2.12. The minimum absolute atomic E-state index is 0.875. The van der Waals surface area contributed by atoms with Crippen molar-refractivity contribution in [2.24, 2.45) is 0 Å². The molecule has 0 atom stereocenters. The highest BCUT2D eigenvalue weighted by atomic mass is 35.9. The van der Waals surface area contributed by atoms with E-state index in [0.29, 0.717) is 0 Å². The quantitative estimate of drug-likeness (QED) is 0.417. The first-order chi connectivity index (χ1) is 4.63. The topological polar surface area (TPSA) is 3.24 Å². The van der Waals surface area contributed by atoms with Crippen LogP contribution in [0, 0.1) is 0 Å². The van der Waals surface area contributed by atoms with Crippen LogP contribution < -0.4 is 0 Å². The van der Waals surface area contributed by atoms with Gasteiger partial charge in [0.15, 0.2) is 4.89 Å². The number of halogens is 5. The van der Waals surface area contributed by atoms with Crippen LogP contribution >= 0.6 is 74.1 Å². The van der Waals surface area contributed by atoms with Gasteiger partial charge in [-0.15, -0.1) is 0 Å². The van der Waals surface area contributed by atoms with Crippen LogP contribution in [0.2, 0.25) is 0 Å². The zero-order chi connectivity index (χ0) is 9.28. The number of nitrogens with zero attached hydrogens (tertiary/aromatic N) is 1. The molecule has 0 unspecified atom stereocenters. The Balaban J connectivity index is 4.10.